The van der Waals surface area contributed by atoms with Crippen molar-refractivity contribution in [2.75, 3.05) is 26.7 Å². The fourth-order valence-corrected chi connectivity index (χ4v) is 2.80. The van der Waals surface area contributed by atoms with E-state index in [2.05, 4.69) is 10.1 Å². The molecule has 3 N–H and O–H groups in total. The van der Waals surface area contributed by atoms with Crippen molar-refractivity contribution in [2.45, 2.75) is 31.2 Å². The lowest BCUT2D eigenvalue weighted by atomic mass is 10.1. The maximum atomic E-state index is 12.0. The summed E-state index contributed by atoms with van der Waals surface area (Å²) in [5.74, 6) is -1.54. The molecular formula is C20H28N2O5S. The molecular weight excluding hydrogens is 380 g/mol. The standard InChI is InChI=1S/C20H28N2O5S/c1-4-26-17-7-5-6-8-18(17)27-12-11-22-15(2)13-16-9-10-19(25-3)20(14-16)28(21,23)24/h5-10,14-15,22H,4,11-13H2,1-3H3,(H2,21,23,24)/t15-/m1/s1/i3D3,5D,6D,7D,8D,12D2,13D2. The van der Waals surface area contributed by atoms with E-state index in [4.69, 9.17) is 29.7 Å². The monoisotopic (exact) mass is 419 g/mol. The molecule has 7 nitrogen and oxygen atoms in total. The Labute approximate surface area is 182 Å². The molecule has 1 atom stereocenters. The van der Waals surface area contributed by atoms with Crippen LogP contribution in [0.1, 0.15) is 34.5 Å². The molecule has 0 aliphatic heterocycles. The maximum Gasteiger partial charge on any atom is 0.241 e. The molecule has 28 heavy (non-hydrogen) atoms. The SMILES string of the molecule is [2H]c1c([2H])c([2H])c(OC([2H])([2H])CN[C@H](C)C([2H])([2H])c2ccc(OC([2H])([2H])[2H])c(S(N)(=O)=O)c2)c(OCC)c1[2H]. The molecule has 0 saturated heterocycles. The molecule has 0 aromatic heterocycles. The topological polar surface area (TPSA) is 99.9 Å². The number of nitrogens with two attached hydrogens (primary N) is 1. The van der Waals surface area contributed by atoms with E-state index in [1.165, 1.54) is 6.92 Å². The highest BCUT2D eigenvalue weighted by Gasteiger charge is 2.16. The van der Waals surface area contributed by atoms with Gasteiger partial charge in [0.1, 0.15) is 17.2 Å². The zero-order valence-corrected chi connectivity index (χ0v) is 16.1. The van der Waals surface area contributed by atoms with E-state index in [1.54, 1.807) is 6.92 Å². The van der Waals surface area contributed by atoms with E-state index in [1.807, 2.05) is 0 Å². The summed E-state index contributed by atoms with van der Waals surface area (Å²) in [4.78, 5) is -0.757. The van der Waals surface area contributed by atoms with Gasteiger partial charge in [-0.05, 0) is 50.0 Å². The van der Waals surface area contributed by atoms with Gasteiger partial charge in [-0.15, -0.1) is 0 Å². The van der Waals surface area contributed by atoms with Crippen LogP contribution in [0.4, 0.5) is 0 Å². The van der Waals surface area contributed by atoms with Crippen LogP contribution >= 0.6 is 0 Å². The van der Waals surface area contributed by atoms with Crippen molar-refractivity contribution in [1.29, 1.82) is 0 Å². The van der Waals surface area contributed by atoms with Gasteiger partial charge < -0.3 is 19.5 Å². The summed E-state index contributed by atoms with van der Waals surface area (Å²) in [5.41, 5.74) is -0.235. The number of para-hydroxylation sites is 2. The van der Waals surface area contributed by atoms with Crippen LogP contribution in [0.2, 0.25) is 0 Å². The van der Waals surface area contributed by atoms with E-state index in [0.717, 1.165) is 18.2 Å². The van der Waals surface area contributed by atoms with Crippen molar-refractivity contribution in [1.82, 2.24) is 5.32 Å². The Hall–Kier alpha value is -2.29. The second-order valence-corrected chi connectivity index (χ2v) is 6.92. The molecule has 0 amide bonds. The molecule has 154 valence electrons. The Bertz CT molecular complexity index is 1320. The number of sulfonamides is 1. The third kappa shape index (κ3) is 6.40. The van der Waals surface area contributed by atoms with E-state index < -0.39 is 83.1 Å². The zero-order valence-electron chi connectivity index (χ0n) is 26.3. The molecule has 0 aliphatic carbocycles. The Morgan fingerprint density at radius 2 is 1.96 bits per heavy atom. The van der Waals surface area contributed by atoms with Gasteiger partial charge >= 0.3 is 0 Å². The molecule has 0 radical (unpaired) electrons. The Kier molecular flexibility index (Phi) is 4.06. The minimum atomic E-state index is -4.52. The Balaban J connectivity index is 2.32. The number of primary sulfonamides is 1. The Morgan fingerprint density at radius 3 is 2.61 bits per heavy atom. The van der Waals surface area contributed by atoms with E-state index >= 15 is 0 Å². The number of hydrogen-bond acceptors (Lipinski definition) is 6. The molecule has 0 heterocycles. The fraction of sp³-hybridized carbons (Fsp3) is 0.400. The molecule has 0 aliphatic rings. The van der Waals surface area contributed by atoms with Crippen molar-refractivity contribution in [3.63, 3.8) is 0 Å². The fourth-order valence-electron chi connectivity index (χ4n) is 2.12. The number of ether oxygens (including phenoxy) is 3. The van der Waals surface area contributed by atoms with Crippen molar-refractivity contribution in [3.8, 4) is 17.2 Å². The van der Waals surface area contributed by atoms with Crippen LogP contribution in [0, 0.1) is 0 Å². The highest BCUT2D eigenvalue weighted by Crippen LogP contribution is 2.26. The zero-order chi connectivity index (χ0) is 30.1. The summed E-state index contributed by atoms with van der Waals surface area (Å²) >= 11 is 0. The average molecular weight is 420 g/mol. The summed E-state index contributed by atoms with van der Waals surface area (Å²) in [7, 11) is -7.52. The minimum absolute atomic E-state index is 0.00760. The molecule has 0 bridgehead atoms. The molecule has 0 fully saturated rings. The number of benzene rings is 2. The van der Waals surface area contributed by atoms with Crippen LogP contribution in [0.3, 0.4) is 0 Å². The van der Waals surface area contributed by atoms with Gasteiger partial charge in [0.05, 0.1) is 26.0 Å². The Morgan fingerprint density at radius 1 is 1.25 bits per heavy atom. The van der Waals surface area contributed by atoms with Gasteiger partial charge in [0, 0.05) is 15.3 Å². The highest BCUT2D eigenvalue weighted by atomic mass is 32.2. The number of hydrogen-bond donors (Lipinski definition) is 2. The number of nitrogens with one attached hydrogen (secondary N) is 1. The second-order valence-electron chi connectivity index (χ2n) is 5.39. The van der Waals surface area contributed by atoms with E-state index in [0.29, 0.717) is 0 Å². The summed E-state index contributed by atoms with van der Waals surface area (Å²) in [6.07, 6.45) is -2.36. The normalized spacial score (nSPS) is 19.6. The van der Waals surface area contributed by atoms with Gasteiger partial charge in [0.25, 0.3) is 0 Å². The van der Waals surface area contributed by atoms with Crippen molar-refractivity contribution in [3.05, 3.63) is 47.9 Å². The molecule has 0 spiro atoms. The highest BCUT2D eigenvalue weighted by molar-refractivity contribution is 7.89. The largest absolute Gasteiger partial charge is 0.495 e. The van der Waals surface area contributed by atoms with Gasteiger partial charge in [-0.3, -0.25) is 0 Å². The van der Waals surface area contributed by atoms with Crippen LogP contribution in [0.25, 0.3) is 0 Å². The summed E-state index contributed by atoms with van der Waals surface area (Å²) < 4.78 is 126. The lowest BCUT2D eigenvalue weighted by Crippen LogP contribution is -2.32. The summed E-state index contributed by atoms with van der Waals surface area (Å²) in [6, 6.07) is -0.794. The van der Waals surface area contributed by atoms with Gasteiger partial charge in [0.15, 0.2) is 11.5 Å². The van der Waals surface area contributed by atoms with Crippen molar-refractivity contribution in [2.24, 2.45) is 5.14 Å². The average Bonchev–Trinajstić information content (AvgIpc) is 2.80. The van der Waals surface area contributed by atoms with Gasteiger partial charge in [-0.25, -0.2) is 13.6 Å². The molecule has 2 aromatic carbocycles. The molecule has 2 rings (SSSR count). The quantitative estimate of drug-likeness (QED) is 0.580. The first-order chi connectivity index (χ1) is 17.6. The van der Waals surface area contributed by atoms with Crippen LogP contribution in [-0.2, 0) is 16.4 Å². The predicted molar refractivity (Wildman–Crippen MR) is 109 cm³/mol. The molecule has 2 aromatic rings. The van der Waals surface area contributed by atoms with Crippen LogP contribution in [0.5, 0.6) is 17.2 Å². The van der Waals surface area contributed by atoms with Crippen molar-refractivity contribution >= 4 is 10.0 Å². The minimum Gasteiger partial charge on any atom is -0.495 e. The van der Waals surface area contributed by atoms with Gasteiger partial charge in [0.2, 0.25) is 10.0 Å². The number of methoxy groups -OCH3 is 1. The lowest BCUT2D eigenvalue weighted by Gasteiger charge is -2.16. The predicted octanol–water partition coefficient (Wildman–Crippen LogP) is 2.34. The van der Waals surface area contributed by atoms with Crippen LogP contribution in [-0.4, -0.2) is 41.2 Å². The first kappa shape index (κ1) is 11.0. The molecule has 0 unspecified atom stereocenters. The third-order valence-electron chi connectivity index (χ3n) is 3.31. The second kappa shape index (κ2) is 10.3. The first-order valence-corrected chi connectivity index (χ1v) is 9.69. The molecule has 0 saturated carbocycles. The van der Waals surface area contributed by atoms with Gasteiger partial charge in [-0.2, -0.15) is 0 Å². The molecule has 8 heteroatoms. The van der Waals surface area contributed by atoms with Gasteiger partial charge in [-0.1, -0.05) is 18.2 Å². The first-order valence-electron chi connectivity index (χ1n) is 13.6. The third-order valence-corrected chi connectivity index (χ3v) is 4.24. The lowest BCUT2D eigenvalue weighted by molar-refractivity contribution is 0.272. The van der Waals surface area contributed by atoms with Crippen LogP contribution < -0.4 is 24.7 Å². The summed E-state index contributed by atoms with van der Waals surface area (Å²) in [6.45, 7) is -0.399. The van der Waals surface area contributed by atoms with Crippen LogP contribution in [0.15, 0.2) is 47.3 Å². The smallest absolute Gasteiger partial charge is 0.241 e. The van der Waals surface area contributed by atoms with Crippen molar-refractivity contribution < 1.29 is 37.7 Å². The summed E-state index contributed by atoms with van der Waals surface area (Å²) in [5, 5.41) is 7.77. The number of rotatable bonds is 11. The maximum absolute atomic E-state index is 12.0. The van der Waals surface area contributed by atoms with E-state index in [9.17, 15) is 8.42 Å². The van der Waals surface area contributed by atoms with E-state index in [-0.39, 0.29) is 17.9 Å².